The number of benzene rings is 1. The van der Waals surface area contributed by atoms with Crippen LogP contribution in [0.2, 0.25) is 0 Å². The van der Waals surface area contributed by atoms with Crippen LogP contribution in [0.15, 0.2) is 11.9 Å². The Morgan fingerprint density at radius 3 is 2.00 bits per heavy atom. The molecule has 0 N–H and O–H groups in total. The second kappa shape index (κ2) is 8.77. The van der Waals surface area contributed by atoms with Crippen molar-refractivity contribution >= 4 is 0 Å². The Hall–Kier alpha value is -1.46. The van der Waals surface area contributed by atoms with Crippen LogP contribution in [0.5, 0.6) is 0 Å². The van der Waals surface area contributed by atoms with E-state index in [0.29, 0.717) is 6.42 Å². The Kier molecular flexibility index (Phi) is 7.57. The van der Waals surface area contributed by atoms with Gasteiger partial charge < -0.3 is 0 Å². The first-order valence-corrected chi connectivity index (χ1v) is 8.31. The van der Waals surface area contributed by atoms with Crippen LogP contribution < -0.4 is 0 Å². The molecule has 4 atom stereocenters. The minimum Gasteiger partial charge on any atom is -0.247 e. The van der Waals surface area contributed by atoms with Crippen LogP contribution >= 0.6 is 0 Å². The molecule has 1 rings (SSSR count). The third kappa shape index (κ3) is 4.39. The summed E-state index contributed by atoms with van der Waals surface area (Å²) in [7, 11) is 0. The zero-order valence-corrected chi connectivity index (χ0v) is 15.1. The molecule has 0 heterocycles. The fourth-order valence-electron chi connectivity index (χ4n) is 3.01. The Bertz CT molecular complexity index is 636. The lowest BCUT2D eigenvalue weighted by Crippen LogP contribution is -2.22. The smallest absolute Gasteiger partial charge is 0.194 e. The average molecular weight is 366 g/mol. The first-order valence-electron chi connectivity index (χ1n) is 8.31. The van der Waals surface area contributed by atoms with Gasteiger partial charge in [0.05, 0.1) is 0 Å². The van der Waals surface area contributed by atoms with E-state index in [-0.39, 0.29) is 22.6 Å². The summed E-state index contributed by atoms with van der Waals surface area (Å²) in [5.74, 6) is -8.25. The molecule has 0 nitrogen and oxygen atoms in total. The van der Waals surface area contributed by atoms with Crippen LogP contribution in [0.25, 0.3) is 0 Å². The van der Waals surface area contributed by atoms with E-state index in [4.69, 9.17) is 0 Å². The summed E-state index contributed by atoms with van der Waals surface area (Å²) in [4.78, 5) is 0. The third-order valence-corrected chi connectivity index (χ3v) is 4.86. The molecule has 0 fully saturated rings. The van der Waals surface area contributed by atoms with Gasteiger partial charge >= 0.3 is 0 Å². The number of hydrogen-bond acceptors (Lipinski definition) is 0. The van der Waals surface area contributed by atoms with Gasteiger partial charge in [-0.2, -0.15) is 0 Å². The van der Waals surface area contributed by atoms with Gasteiger partial charge in [-0.1, -0.05) is 20.8 Å². The van der Waals surface area contributed by atoms with Crippen molar-refractivity contribution < 1.29 is 26.3 Å². The molecule has 0 saturated heterocycles. The van der Waals surface area contributed by atoms with E-state index in [1.54, 1.807) is 13.8 Å². The number of hydrogen-bond donors (Lipinski definition) is 0. The molecule has 0 spiro atoms. The Morgan fingerprint density at radius 2 is 1.56 bits per heavy atom. The lowest BCUT2D eigenvalue weighted by Gasteiger charge is -2.29. The van der Waals surface area contributed by atoms with Gasteiger partial charge in [-0.25, -0.2) is 26.3 Å². The first-order chi connectivity index (χ1) is 11.6. The summed E-state index contributed by atoms with van der Waals surface area (Å²) in [5, 5.41) is 0. The summed E-state index contributed by atoms with van der Waals surface area (Å²) in [6.45, 7) is 5.94. The van der Waals surface area contributed by atoms with Gasteiger partial charge in [0.15, 0.2) is 17.5 Å². The van der Waals surface area contributed by atoms with Crippen molar-refractivity contribution in [2.24, 2.45) is 5.92 Å². The molecule has 4 unspecified atom stereocenters. The maximum absolute atomic E-state index is 14.6. The Morgan fingerprint density at radius 1 is 1.00 bits per heavy atom. The predicted octanol–water partition coefficient (Wildman–Crippen LogP) is 6.83. The summed E-state index contributed by atoms with van der Waals surface area (Å²) in [6.07, 6.45) is -0.242. The van der Waals surface area contributed by atoms with Gasteiger partial charge in [-0.3, -0.25) is 0 Å². The molecule has 142 valence electrons. The highest BCUT2D eigenvalue weighted by Gasteiger charge is 2.33. The SMILES string of the molecule is CCC(C)c1c(C)c(F)c(F)c(F)c1C(/C=C(/F)CF)C(C)C(C)F. The quantitative estimate of drug-likeness (QED) is 0.367. The minimum atomic E-state index is -1.68. The van der Waals surface area contributed by atoms with Crippen LogP contribution in [-0.2, 0) is 0 Å². The van der Waals surface area contributed by atoms with E-state index >= 15 is 0 Å². The van der Waals surface area contributed by atoms with Crippen molar-refractivity contribution in [2.45, 2.75) is 59.0 Å². The maximum Gasteiger partial charge on any atom is 0.194 e. The summed E-state index contributed by atoms with van der Waals surface area (Å²) in [6, 6.07) is 0. The van der Waals surface area contributed by atoms with Gasteiger partial charge in [-0.05, 0) is 49.3 Å². The molecule has 6 heteroatoms. The lowest BCUT2D eigenvalue weighted by molar-refractivity contribution is 0.243. The van der Waals surface area contributed by atoms with E-state index in [2.05, 4.69) is 0 Å². The largest absolute Gasteiger partial charge is 0.247 e. The molecule has 0 saturated carbocycles. The highest BCUT2D eigenvalue weighted by Crippen LogP contribution is 2.41. The zero-order chi connectivity index (χ0) is 19.5. The van der Waals surface area contributed by atoms with E-state index in [1.165, 1.54) is 20.8 Å². The molecule has 0 radical (unpaired) electrons. The number of halogens is 6. The van der Waals surface area contributed by atoms with Gasteiger partial charge in [0, 0.05) is 11.5 Å². The standard InChI is InChI=1S/C19H24F6/c1-6-9(2)15-11(4)17(23)19(25)18(24)16(15)14(7-13(22)8-20)10(3)12(5)21/h7,9-10,12,14H,6,8H2,1-5H3/b13-7+. The van der Waals surface area contributed by atoms with Gasteiger partial charge in [0.25, 0.3) is 0 Å². The van der Waals surface area contributed by atoms with Crippen molar-refractivity contribution in [1.29, 1.82) is 0 Å². The zero-order valence-electron chi connectivity index (χ0n) is 15.1. The number of rotatable bonds is 7. The van der Waals surface area contributed by atoms with Crippen molar-refractivity contribution in [3.05, 3.63) is 46.0 Å². The molecule has 0 amide bonds. The molecule has 25 heavy (non-hydrogen) atoms. The van der Waals surface area contributed by atoms with Crippen molar-refractivity contribution in [2.75, 3.05) is 6.67 Å². The van der Waals surface area contributed by atoms with Crippen molar-refractivity contribution in [1.82, 2.24) is 0 Å². The van der Waals surface area contributed by atoms with Crippen molar-refractivity contribution in [3.8, 4) is 0 Å². The minimum absolute atomic E-state index is 0.0963. The molecule has 0 bridgehead atoms. The van der Waals surface area contributed by atoms with Crippen LogP contribution in [-0.4, -0.2) is 12.8 Å². The highest BCUT2D eigenvalue weighted by molar-refractivity contribution is 5.44. The summed E-state index contributed by atoms with van der Waals surface area (Å²) >= 11 is 0. The molecule has 0 aliphatic heterocycles. The van der Waals surface area contributed by atoms with E-state index in [0.717, 1.165) is 6.08 Å². The fourth-order valence-corrected chi connectivity index (χ4v) is 3.01. The molecular formula is C19H24F6. The topological polar surface area (TPSA) is 0 Å². The monoisotopic (exact) mass is 366 g/mol. The van der Waals surface area contributed by atoms with E-state index in [1.807, 2.05) is 0 Å². The average Bonchev–Trinajstić information content (AvgIpc) is 2.59. The molecule has 0 aliphatic carbocycles. The van der Waals surface area contributed by atoms with Crippen LogP contribution in [0, 0.1) is 30.3 Å². The number of alkyl halides is 2. The second-order valence-electron chi connectivity index (χ2n) is 6.51. The van der Waals surface area contributed by atoms with Crippen molar-refractivity contribution in [3.63, 3.8) is 0 Å². The Balaban J connectivity index is 3.84. The predicted molar refractivity (Wildman–Crippen MR) is 87.4 cm³/mol. The molecule has 0 aromatic heterocycles. The second-order valence-corrected chi connectivity index (χ2v) is 6.51. The van der Waals surface area contributed by atoms with Gasteiger partial charge in [0.2, 0.25) is 0 Å². The number of allylic oxidation sites excluding steroid dienone is 2. The first kappa shape index (κ1) is 21.6. The Labute approximate surface area is 144 Å². The molecule has 0 aliphatic rings. The van der Waals surface area contributed by atoms with Gasteiger partial charge in [-0.15, -0.1) is 0 Å². The highest BCUT2D eigenvalue weighted by atomic mass is 19.2. The van der Waals surface area contributed by atoms with Crippen LogP contribution in [0.4, 0.5) is 26.3 Å². The summed E-state index contributed by atoms with van der Waals surface area (Å²) in [5.41, 5.74) is -0.216. The molecule has 1 aromatic rings. The normalized spacial score (nSPS) is 17.3. The van der Waals surface area contributed by atoms with Crippen LogP contribution in [0.1, 0.15) is 62.6 Å². The van der Waals surface area contributed by atoms with Crippen LogP contribution in [0.3, 0.4) is 0 Å². The maximum atomic E-state index is 14.6. The van der Waals surface area contributed by atoms with E-state index < -0.39 is 48.0 Å². The summed E-state index contributed by atoms with van der Waals surface area (Å²) < 4.78 is 82.8. The molecular weight excluding hydrogens is 342 g/mol. The third-order valence-electron chi connectivity index (χ3n) is 4.86. The van der Waals surface area contributed by atoms with Gasteiger partial charge in [0.1, 0.15) is 18.7 Å². The fraction of sp³-hybridized carbons (Fsp3) is 0.579. The lowest BCUT2D eigenvalue weighted by atomic mass is 9.77. The molecule has 1 aromatic carbocycles. The van der Waals surface area contributed by atoms with E-state index in [9.17, 15) is 26.3 Å².